The second kappa shape index (κ2) is 10.3. The van der Waals surface area contributed by atoms with Crippen molar-refractivity contribution in [3.05, 3.63) is 119 Å². The maximum Gasteiger partial charge on any atom is 0.507 e. The van der Waals surface area contributed by atoms with Crippen LogP contribution in [0.2, 0.25) is 5.02 Å². The van der Waals surface area contributed by atoms with Gasteiger partial charge in [0, 0.05) is 18.3 Å². The molecule has 5 rings (SSSR count). The van der Waals surface area contributed by atoms with E-state index in [1.54, 1.807) is 30.3 Å². The van der Waals surface area contributed by atoms with Gasteiger partial charge in [0.1, 0.15) is 11.4 Å². The topological polar surface area (TPSA) is 72.5 Å². The molecule has 0 fully saturated rings. The number of carbonyl (C=O) groups is 1. The van der Waals surface area contributed by atoms with Crippen LogP contribution in [0.4, 0.5) is 32.4 Å². The normalized spacial score (nSPS) is 16.4. The van der Waals surface area contributed by atoms with Crippen molar-refractivity contribution in [1.29, 1.82) is 0 Å². The van der Waals surface area contributed by atoms with Gasteiger partial charge in [0.15, 0.2) is 11.5 Å². The van der Waals surface area contributed by atoms with Crippen LogP contribution >= 0.6 is 11.6 Å². The Morgan fingerprint density at radius 3 is 2.27 bits per heavy atom. The predicted octanol–water partition coefficient (Wildman–Crippen LogP) is 7.14. The molecule has 0 radical (unpaired) electrons. The quantitative estimate of drug-likeness (QED) is 0.240. The van der Waals surface area contributed by atoms with Gasteiger partial charge in [-0.2, -0.15) is 17.6 Å². The summed E-state index contributed by atoms with van der Waals surface area (Å²) in [5.41, 5.74) is -0.402. The van der Waals surface area contributed by atoms with Crippen molar-refractivity contribution in [2.75, 3.05) is 5.32 Å². The minimum Gasteiger partial charge on any atom is -0.421 e. The van der Waals surface area contributed by atoms with Crippen LogP contribution in [0.25, 0.3) is 0 Å². The van der Waals surface area contributed by atoms with Gasteiger partial charge in [-0.15, -0.1) is 0 Å². The molecule has 0 saturated heterocycles. The van der Waals surface area contributed by atoms with Crippen LogP contribution in [0, 0.1) is 5.82 Å². The predicted molar refractivity (Wildman–Crippen MR) is 136 cm³/mol. The Morgan fingerprint density at radius 2 is 1.60 bits per heavy atom. The number of nitrogens with zero attached hydrogens (tertiary/aromatic N) is 1. The van der Waals surface area contributed by atoms with Crippen molar-refractivity contribution in [2.45, 2.75) is 24.2 Å². The lowest BCUT2D eigenvalue weighted by atomic mass is 9.80. The van der Waals surface area contributed by atoms with Gasteiger partial charge in [-0.05, 0) is 53.6 Å². The Bertz CT molecular complexity index is 1540. The smallest absolute Gasteiger partial charge is 0.421 e. The van der Waals surface area contributed by atoms with E-state index < -0.39 is 41.1 Å². The number of hydrogen-bond donors (Lipinski definition) is 2. The minimum atomic E-state index is -4.96. The Kier molecular flexibility index (Phi) is 7.01. The Labute approximate surface area is 229 Å². The van der Waals surface area contributed by atoms with Gasteiger partial charge in [0.05, 0.1) is 10.7 Å². The zero-order chi connectivity index (χ0) is 28.5. The van der Waals surface area contributed by atoms with E-state index in [0.717, 1.165) is 18.2 Å². The second-order valence-electron chi connectivity index (χ2n) is 8.92. The van der Waals surface area contributed by atoms with Crippen LogP contribution in [0.15, 0.2) is 91.1 Å². The molecular formula is C28H19ClF5N3O3. The largest absolute Gasteiger partial charge is 0.507 e. The maximum atomic E-state index is 14.1. The molecule has 2 amide bonds. The minimum absolute atomic E-state index is 0.0191. The van der Waals surface area contributed by atoms with Crippen LogP contribution in [0.3, 0.4) is 0 Å². The molecular weight excluding hydrogens is 557 g/mol. The fourth-order valence-corrected chi connectivity index (χ4v) is 4.42. The summed E-state index contributed by atoms with van der Waals surface area (Å²) in [5.74, 6) is -1.88. The standard InChI is InChI=1S/C28H19ClF5N3O3/c29-19-10-12-24(35-16-19)26(15-17-5-2-1-3-6-17,37-25(38)36-21-8-4-7-20(30)14-21)18-9-11-22-23(13-18)40-28(33,34)27(31,32)39-22/h1-14,16H,15H2,(H2,36,37,38)/t26-/m0/s1. The van der Waals surface area contributed by atoms with E-state index in [2.05, 4.69) is 25.1 Å². The highest BCUT2D eigenvalue weighted by molar-refractivity contribution is 6.30. The van der Waals surface area contributed by atoms with Crippen LogP contribution in [0.5, 0.6) is 11.5 Å². The number of fused-ring (bicyclic) bond motifs is 1. The Hall–Kier alpha value is -4.38. The van der Waals surface area contributed by atoms with E-state index in [9.17, 15) is 26.7 Å². The van der Waals surface area contributed by atoms with Crippen molar-refractivity contribution < 1.29 is 36.2 Å². The van der Waals surface area contributed by atoms with E-state index in [-0.39, 0.29) is 28.4 Å². The summed E-state index contributed by atoms with van der Waals surface area (Å²) in [6.07, 6.45) is -8.51. The van der Waals surface area contributed by atoms with E-state index in [1.165, 1.54) is 42.6 Å². The molecule has 3 aromatic carbocycles. The highest BCUT2D eigenvalue weighted by atomic mass is 35.5. The number of aromatic nitrogens is 1. The third-order valence-corrected chi connectivity index (χ3v) is 6.36. The molecule has 12 heteroatoms. The molecule has 2 heterocycles. The first kappa shape index (κ1) is 27.2. The lowest BCUT2D eigenvalue weighted by molar-refractivity contribution is -0.391. The van der Waals surface area contributed by atoms with Gasteiger partial charge in [0.2, 0.25) is 0 Å². The number of halogens is 6. The maximum absolute atomic E-state index is 14.1. The number of rotatable bonds is 6. The van der Waals surface area contributed by atoms with Crippen molar-refractivity contribution in [2.24, 2.45) is 0 Å². The zero-order valence-electron chi connectivity index (χ0n) is 20.3. The summed E-state index contributed by atoms with van der Waals surface area (Å²) in [4.78, 5) is 17.7. The number of alkyl halides is 4. The van der Waals surface area contributed by atoms with Gasteiger partial charge >= 0.3 is 18.2 Å². The summed E-state index contributed by atoms with van der Waals surface area (Å²) in [6.45, 7) is 0. The fourth-order valence-electron chi connectivity index (χ4n) is 4.31. The van der Waals surface area contributed by atoms with E-state index in [1.807, 2.05) is 0 Å². The average Bonchev–Trinajstić information content (AvgIpc) is 2.89. The summed E-state index contributed by atoms with van der Waals surface area (Å²) in [6, 6.07) is 19.7. The lowest BCUT2D eigenvalue weighted by Crippen LogP contribution is -2.52. The van der Waals surface area contributed by atoms with Crippen molar-refractivity contribution in [3.8, 4) is 11.5 Å². The van der Waals surface area contributed by atoms with Crippen molar-refractivity contribution in [3.63, 3.8) is 0 Å². The van der Waals surface area contributed by atoms with Crippen molar-refractivity contribution >= 4 is 23.3 Å². The summed E-state index contributed by atoms with van der Waals surface area (Å²) < 4.78 is 78.0. The molecule has 1 aliphatic heterocycles. The molecule has 0 spiro atoms. The number of pyridine rings is 1. The molecule has 2 N–H and O–H groups in total. The molecule has 6 nitrogen and oxygen atoms in total. The first-order valence-corrected chi connectivity index (χ1v) is 12.1. The molecule has 0 aliphatic carbocycles. The number of urea groups is 1. The molecule has 0 unspecified atom stereocenters. The molecule has 4 aromatic rings. The molecule has 1 atom stereocenters. The number of amides is 2. The first-order chi connectivity index (χ1) is 19.0. The SMILES string of the molecule is O=C(Nc1cccc(F)c1)N[C@@](Cc1ccccc1)(c1ccc2c(c1)OC(F)(F)C(F)(F)O2)c1ccc(Cl)cn1. The third-order valence-electron chi connectivity index (χ3n) is 6.14. The molecule has 1 aliphatic rings. The first-order valence-electron chi connectivity index (χ1n) is 11.8. The van der Waals surface area contributed by atoms with Gasteiger partial charge in [0.25, 0.3) is 0 Å². The summed E-state index contributed by atoms with van der Waals surface area (Å²) in [7, 11) is 0. The summed E-state index contributed by atoms with van der Waals surface area (Å²) in [5, 5.41) is 5.66. The van der Waals surface area contributed by atoms with E-state index >= 15 is 0 Å². The Balaban J connectivity index is 1.65. The lowest BCUT2D eigenvalue weighted by Gasteiger charge is -2.37. The van der Waals surface area contributed by atoms with Gasteiger partial charge in [-0.1, -0.05) is 54.1 Å². The molecule has 206 valence electrons. The number of carbonyl (C=O) groups excluding carboxylic acids is 1. The molecule has 40 heavy (non-hydrogen) atoms. The highest BCUT2D eigenvalue weighted by Gasteiger charge is 2.66. The molecule has 0 bridgehead atoms. The zero-order valence-corrected chi connectivity index (χ0v) is 21.1. The third kappa shape index (κ3) is 5.37. The number of ether oxygens (including phenoxy) is 2. The molecule has 1 aromatic heterocycles. The number of anilines is 1. The highest BCUT2D eigenvalue weighted by Crippen LogP contribution is 2.48. The second-order valence-corrected chi connectivity index (χ2v) is 9.35. The van der Waals surface area contributed by atoms with E-state index in [0.29, 0.717) is 5.56 Å². The van der Waals surface area contributed by atoms with Crippen LogP contribution in [-0.2, 0) is 12.0 Å². The van der Waals surface area contributed by atoms with E-state index in [4.69, 9.17) is 11.6 Å². The molecule has 0 saturated carbocycles. The van der Waals surface area contributed by atoms with Crippen LogP contribution in [0.1, 0.15) is 16.8 Å². The Morgan fingerprint density at radius 1 is 0.875 bits per heavy atom. The van der Waals surface area contributed by atoms with Gasteiger partial charge in [-0.3, -0.25) is 4.98 Å². The fraction of sp³-hybridized carbons (Fsp3) is 0.143. The monoisotopic (exact) mass is 575 g/mol. The number of hydrogen-bond acceptors (Lipinski definition) is 4. The van der Waals surface area contributed by atoms with Crippen LogP contribution in [-0.4, -0.2) is 23.2 Å². The van der Waals surface area contributed by atoms with Crippen LogP contribution < -0.4 is 20.1 Å². The number of benzene rings is 3. The van der Waals surface area contributed by atoms with Gasteiger partial charge < -0.3 is 20.1 Å². The summed E-state index contributed by atoms with van der Waals surface area (Å²) >= 11 is 6.06. The van der Waals surface area contributed by atoms with Crippen molar-refractivity contribution in [1.82, 2.24) is 10.3 Å². The average molecular weight is 576 g/mol. The van der Waals surface area contributed by atoms with Gasteiger partial charge in [-0.25, -0.2) is 9.18 Å². The number of nitrogens with one attached hydrogen (secondary N) is 2.